The zero-order valence-corrected chi connectivity index (χ0v) is 12.9. The largest absolute Gasteiger partial charge is 0.389 e. The Bertz CT molecular complexity index is 483. The number of aryl methyl sites for hydroxylation is 2. The van der Waals surface area contributed by atoms with E-state index in [2.05, 4.69) is 31.9 Å². The number of aromatic nitrogens is 1. The zero-order valence-electron chi connectivity index (χ0n) is 12.1. The van der Waals surface area contributed by atoms with Crippen LogP contribution in [0.1, 0.15) is 43.5 Å². The average molecular weight is 277 g/mol. The van der Waals surface area contributed by atoms with Gasteiger partial charge < -0.3 is 10.6 Å². The minimum absolute atomic E-state index is 0.450. The first-order valence-corrected chi connectivity index (χ1v) is 7.43. The fourth-order valence-electron chi connectivity index (χ4n) is 2.73. The molecule has 0 atom stereocenters. The third-order valence-electron chi connectivity index (χ3n) is 3.55. The first-order valence-electron chi connectivity index (χ1n) is 7.02. The van der Waals surface area contributed by atoms with Crippen molar-refractivity contribution in [3.8, 4) is 0 Å². The molecule has 0 bridgehead atoms. The molecule has 1 aromatic heterocycles. The van der Waals surface area contributed by atoms with Gasteiger partial charge in [0.25, 0.3) is 0 Å². The maximum absolute atomic E-state index is 5.88. The van der Waals surface area contributed by atoms with E-state index in [1.807, 2.05) is 0 Å². The summed E-state index contributed by atoms with van der Waals surface area (Å²) in [5, 5.41) is 0. The number of nitrogens with zero attached hydrogens (tertiary/aromatic N) is 2. The van der Waals surface area contributed by atoms with Gasteiger partial charge in [-0.25, -0.2) is 4.98 Å². The minimum atomic E-state index is 0.450. The number of hydrogen-bond acceptors (Lipinski definition) is 3. The molecule has 0 radical (unpaired) electrons. The first-order chi connectivity index (χ1) is 8.99. The summed E-state index contributed by atoms with van der Waals surface area (Å²) < 4.78 is 0. The van der Waals surface area contributed by atoms with Gasteiger partial charge in [-0.1, -0.05) is 26.1 Å². The van der Waals surface area contributed by atoms with Crippen molar-refractivity contribution in [2.24, 2.45) is 11.7 Å². The second-order valence-electron chi connectivity index (χ2n) is 5.81. The van der Waals surface area contributed by atoms with Crippen LogP contribution in [0.5, 0.6) is 0 Å². The smallest absolute Gasteiger partial charge is 0.138 e. The molecule has 2 N–H and O–H groups in total. The first kappa shape index (κ1) is 14.3. The Hall–Kier alpha value is -1.16. The Kier molecular flexibility index (Phi) is 4.40. The molecule has 1 aliphatic rings. The van der Waals surface area contributed by atoms with Crippen LogP contribution >= 0.6 is 12.2 Å². The van der Waals surface area contributed by atoms with Crippen LogP contribution in [0.4, 0.5) is 5.82 Å². The Labute approximate surface area is 121 Å². The van der Waals surface area contributed by atoms with Crippen molar-refractivity contribution in [3.63, 3.8) is 0 Å². The molecule has 4 heteroatoms. The van der Waals surface area contributed by atoms with Crippen molar-refractivity contribution < 1.29 is 0 Å². The van der Waals surface area contributed by atoms with Crippen molar-refractivity contribution in [2.45, 2.75) is 39.5 Å². The lowest BCUT2D eigenvalue weighted by Gasteiger charge is -2.26. The molecule has 1 heterocycles. The van der Waals surface area contributed by atoms with Crippen molar-refractivity contribution >= 4 is 23.0 Å². The summed E-state index contributed by atoms with van der Waals surface area (Å²) in [5.41, 5.74) is 9.37. The molecule has 0 fully saturated rings. The predicted octanol–water partition coefficient (Wildman–Crippen LogP) is 2.69. The van der Waals surface area contributed by atoms with E-state index in [-0.39, 0.29) is 0 Å². The molecule has 0 saturated heterocycles. The second kappa shape index (κ2) is 5.87. The fourth-order valence-corrected chi connectivity index (χ4v) is 2.88. The molecule has 0 spiro atoms. The van der Waals surface area contributed by atoms with Crippen LogP contribution in [0.15, 0.2) is 6.07 Å². The zero-order chi connectivity index (χ0) is 14.0. The van der Waals surface area contributed by atoms with Crippen LogP contribution in [0, 0.1) is 5.92 Å². The lowest BCUT2D eigenvalue weighted by Crippen LogP contribution is -2.28. The van der Waals surface area contributed by atoms with Crippen molar-refractivity contribution in [1.82, 2.24) is 4.98 Å². The van der Waals surface area contributed by atoms with Gasteiger partial charge in [0, 0.05) is 19.3 Å². The van der Waals surface area contributed by atoms with E-state index in [0.29, 0.717) is 10.9 Å². The van der Waals surface area contributed by atoms with E-state index in [1.165, 1.54) is 24.1 Å². The molecule has 1 aliphatic carbocycles. The number of anilines is 1. The maximum Gasteiger partial charge on any atom is 0.138 e. The number of pyridine rings is 1. The minimum Gasteiger partial charge on any atom is -0.389 e. The van der Waals surface area contributed by atoms with E-state index < -0.39 is 0 Å². The van der Waals surface area contributed by atoms with Gasteiger partial charge in [-0.3, -0.25) is 0 Å². The van der Waals surface area contributed by atoms with E-state index in [0.717, 1.165) is 30.8 Å². The molecule has 1 aromatic rings. The topological polar surface area (TPSA) is 42.2 Å². The standard InChI is InChI=1S/C15H23N3S/c1-10(2)9-18(3)15-12(14(16)19)8-11-6-4-5-7-13(11)17-15/h8,10H,4-7,9H2,1-3H3,(H2,16,19). The Morgan fingerprint density at radius 2 is 2.11 bits per heavy atom. The molecule has 104 valence electrons. The molecule has 19 heavy (non-hydrogen) atoms. The molecule has 0 saturated carbocycles. The third-order valence-corrected chi connectivity index (χ3v) is 3.77. The van der Waals surface area contributed by atoms with Gasteiger partial charge in [0.15, 0.2) is 0 Å². The summed E-state index contributed by atoms with van der Waals surface area (Å²) in [5.74, 6) is 1.53. The highest BCUT2D eigenvalue weighted by Crippen LogP contribution is 2.26. The highest BCUT2D eigenvalue weighted by molar-refractivity contribution is 7.80. The van der Waals surface area contributed by atoms with Gasteiger partial charge in [-0.15, -0.1) is 0 Å². The van der Waals surface area contributed by atoms with Gasteiger partial charge in [0.2, 0.25) is 0 Å². The molecule has 0 amide bonds. The number of nitrogens with two attached hydrogens (primary N) is 1. The van der Waals surface area contributed by atoms with Gasteiger partial charge in [-0.2, -0.15) is 0 Å². The molecule has 0 aliphatic heterocycles. The van der Waals surface area contributed by atoms with Crippen LogP contribution in [0.3, 0.4) is 0 Å². The van der Waals surface area contributed by atoms with Crippen LogP contribution in [-0.2, 0) is 12.8 Å². The number of fused-ring (bicyclic) bond motifs is 1. The van der Waals surface area contributed by atoms with Crippen LogP contribution in [0.25, 0.3) is 0 Å². The number of rotatable bonds is 4. The summed E-state index contributed by atoms with van der Waals surface area (Å²) in [4.78, 5) is 7.47. The number of hydrogen-bond donors (Lipinski definition) is 1. The van der Waals surface area contributed by atoms with E-state index >= 15 is 0 Å². The van der Waals surface area contributed by atoms with Gasteiger partial charge >= 0.3 is 0 Å². The summed E-state index contributed by atoms with van der Waals surface area (Å²) in [7, 11) is 2.07. The monoisotopic (exact) mass is 277 g/mol. The summed E-state index contributed by atoms with van der Waals surface area (Å²) in [6.45, 7) is 5.37. The molecule has 2 rings (SSSR count). The van der Waals surface area contributed by atoms with E-state index in [1.54, 1.807) is 0 Å². The molecular weight excluding hydrogens is 254 g/mol. The Balaban J connectivity index is 2.42. The quantitative estimate of drug-likeness (QED) is 0.859. The normalized spacial score (nSPS) is 14.3. The average Bonchev–Trinajstić information content (AvgIpc) is 2.36. The van der Waals surface area contributed by atoms with Crippen molar-refractivity contribution in [2.75, 3.05) is 18.5 Å². The van der Waals surface area contributed by atoms with Crippen LogP contribution in [0.2, 0.25) is 0 Å². The Morgan fingerprint density at radius 3 is 2.74 bits per heavy atom. The molecule has 3 nitrogen and oxygen atoms in total. The van der Waals surface area contributed by atoms with Crippen LogP contribution < -0.4 is 10.6 Å². The number of thiocarbonyl (C=S) groups is 1. The Morgan fingerprint density at radius 1 is 1.42 bits per heavy atom. The molecule has 0 unspecified atom stereocenters. The maximum atomic E-state index is 5.88. The summed E-state index contributed by atoms with van der Waals surface area (Å²) in [6, 6.07) is 2.16. The van der Waals surface area contributed by atoms with E-state index in [4.69, 9.17) is 22.9 Å². The lowest BCUT2D eigenvalue weighted by atomic mass is 9.94. The lowest BCUT2D eigenvalue weighted by molar-refractivity contribution is 0.628. The third kappa shape index (κ3) is 3.24. The molecular formula is C15H23N3S. The summed E-state index contributed by atoms with van der Waals surface area (Å²) >= 11 is 5.20. The summed E-state index contributed by atoms with van der Waals surface area (Å²) in [6.07, 6.45) is 4.66. The van der Waals surface area contributed by atoms with Gasteiger partial charge in [-0.05, 0) is 43.2 Å². The van der Waals surface area contributed by atoms with Crippen molar-refractivity contribution in [1.29, 1.82) is 0 Å². The highest BCUT2D eigenvalue weighted by Gasteiger charge is 2.18. The predicted molar refractivity (Wildman–Crippen MR) is 84.9 cm³/mol. The van der Waals surface area contributed by atoms with E-state index in [9.17, 15) is 0 Å². The SMILES string of the molecule is CC(C)CN(C)c1nc2c(cc1C(N)=S)CCCC2. The van der Waals surface area contributed by atoms with Crippen LogP contribution in [-0.4, -0.2) is 23.6 Å². The molecule has 0 aromatic carbocycles. The van der Waals surface area contributed by atoms with Gasteiger partial charge in [0.05, 0.1) is 5.56 Å². The fraction of sp³-hybridized carbons (Fsp3) is 0.600. The second-order valence-corrected chi connectivity index (χ2v) is 6.25. The van der Waals surface area contributed by atoms with Crippen molar-refractivity contribution in [3.05, 3.63) is 22.9 Å². The van der Waals surface area contributed by atoms with Gasteiger partial charge in [0.1, 0.15) is 10.8 Å². The highest BCUT2D eigenvalue weighted by atomic mass is 32.1.